The lowest BCUT2D eigenvalue weighted by Gasteiger charge is -2.14. The summed E-state index contributed by atoms with van der Waals surface area (Å²) in [5, 5.41) is 8.64. The zero-order valence-electron chi connectivity index (χ0n) is 12.1. The molecule has 0 spiro atoms. The van der Waals surface area contributed by atoms with E-state index >= 15 is 0 Å². The van der Waals surface area contributed by atoms with Crippen LogP contribution in [0.3, 0.4) is 0 Å². The monoisotopic (exact) mass is 271 g/mol. The summed E-state index contributed by atoms with van der Waals surface area (Å²) in [7, 11) is 1.95. The van der Waals surface area contributed by atoms with Crippen LogP contribution in [0.25, 0.3) is 0 Å². The molecule has 1 atom stereocenters. The summed E-state index contributed by atoms with van der Waals surface area (Å²) in [6, 6.07) is 0.535. The molecule has 0 radical (unpaired) electrons. The minimum atomic E-state index is 0.535. The van der Waals surface area contributed by atoms with E-state index in [1.54, 1.807) is 0 Å². The average Bonchev–Trinajstić information content (AvgIpc) is 2.57. The Morgan fingerprint density at radius 3 is 2.61 bits per heavy atom. The van der Waals surface area contributed by atoms with Gasteiger partial charge >= 0.3 is 0 Å². The predicted molar refractivity (Wildman–Crippen MR) is 78.0 cm³/mol. The van der Waals surface area contributed by atoms with Crippen molar-refractivity contribution in [3.8, 4) is 0 Å². The number of hydrogen-bond donors (Lipinski definition) is 1. The molecule has 1 rings (SSSR count). The van der Waals surface area contributed by atoms with Gasteiger partial charge in [-0.15, -0.1) is 0 Å². The van der Waals surface area contributed by atoms with E-state index in [4.69, 9.17) is 11.6 Å². The second-order valence-electron chi connectivity index (χ2n) is 5.10. The van der Waals surface area contributed by atoms with Crippen LogP contribution in [-0.2, 0) is 13.6 Å². The van der Waals surface area contributed by atoms with Crippen LogP contribution in [0, 0.1) is 6.92 Å². The van der Waals surface area contributed by atoms with Crippen LogP contribution in [-0.4, -0.2) is 15.8 Å². The molecule has 0 amide bonds. The zero-order valence-corrected chi connectivity index (χ0v) is 12.8. The van der Waals surface area contributed by atoms with Gasteiger partial charge < -0.3 is 5.32 Å². The molecule has 0 bridgehead atoms. The Kier molecular flexibility index (Phi) is 6.72. The lowest BCUT2D eigenvalue weighted by atomic mass is 10.1. The Hall–Kier alpha value is -0.540. The standard InChI is InChI=1S/C14H26ClN3/c1-5-6-7-8-9-11(2)16-10-13-14(15)12(3)17-18(13)4/h11,16H,5-10H2,1-4H3. The van der Waals surface area contributed by atoms with Gasteiger partial charge in [-0.05, 0) is 20.3 Å². The maximum Gasteiger partial charge on any atom is 0.0860 e. The van der Waals surface area contributed by atoms with Crippen molar-refractivity contribution < 1.29 is 0 Å². The predicted octanol–water partition coefficient (Wildman–Crippen LogP) is 3.83. The van der Waals surface area contributed by atoms with Gasteiger partial charge in [0.25, 0.3) is 0 Å². The van der Waals surface area contributed by atoms with Crippen LogP contribution >= 0.6 is 11.6 Å². The third-order valence-corrected chi connectivity index (χ3v) is 3.86. The quantitative estimate of drug-likeness (QED) is 0.728. The van der Waals surface area contributed by atoms with Gasteiger partial charge in [-0.3, -0.25) is 4.68 Å². The normalized spacial score (nSPS) is 12.9. The summed E-state index contributed by atoms with van der Waals surface area (Å²) in [5.41, 5.74) is 1.99. The number of halogens is 1. The Bertz CT molecular complexity index is 360. The third-order valence-electron chi connectivity index (χ3n) is 3.37. The molecular formula is C14H26ClN3. The van der Waals surface area contributed by atoms with E-state index in [1.165, 1.54) is 32.1 Å². The van der Waals surface area contributed by atoms with E-state index in [0.29, 0.717) is 6.04 Å². The number of hydrogen-bond acceptors (Lipinski definition) is 2. The van der Waals surface area contributed by atoms with Crippen LogP contribution in [0.4, 0.5) is 0 Å². The van der Waals surface area contributed by atoms with E-state index in [0.717, 1.165) is 23.0 Å². The molecule has 0 saturated carbocycles. The second kappa shape index (κ2) is 7.80. The van der Waals surface area contributed by atoms with Gasteiger partial charge in [-0.1, -0.05) is 44.2 Å². The van der Waals surface area contributed by atoms with Crippen molar-refractivity contribution in [1.29, 1.82) is 0 Å². The molecule has 1 aromatic heterocycles. The second-order valence-corrected chi connectivity index (χ2v) is 5.48. The van der Waals surface area contributed by atoms with Crippen molar-refractivity contribution in [2.45, 2.75) is 65.5 Å². The highest BCUT2D eigenvalue weighted by atomic mass is 35.5. The van der Waals surface area contributed by atoms with Gasteiger partial charge in [-0.25, -0.2) is 0 Å². The van der Waals surface area contributed by atoms with E-state index in [9.17, 15) is 0 Å². The fraction of sp³-hybridized carbons (Fsp3) is 0.786. The highest BCUT2D eigenvalue weighted by Crippen LogP contribution is 2.19. The van der Waals surface area contributed by atoms with Crippen molar-refractivity contribution in [3.63, 3.8) is 0 Å². The van der Waals surface area contributed by atoms with E-state index in [2.05, 4.69) is 24.3 Å². The van der Waals surface area contributed by atoms with Crippen LogP contribution in [0.2, 0.25) is 5.02 Å². The third kappa shape index (κ3) is 4.62. The topological polar surface area (TPSA) is 29.9 Å². The molecule has 1 N–H and O–H groups in total. The van der Waals surface area contributed by atoms with E-state index in [-0.39, 0.29) is 0 Å². The summed E-state index contributed by atoms with van der Waals surface area (Å²) in [6.07, 6.45) is 6.52. The van der Waals surface area contributed by atoms with Crippen molar-refractivity contribution in [3.05, 3.63) is 16.4 Å². The average molecular weight is 272 g/mol. The first-order chi connectivity index (χ1) is 8.56. The molecule has 1 heterocycles. The molecule has 1 aromatic rings. The highest BCUT2D eigenvalue weighted by Gasteiger charge is 2.11. The Morgan fingerprint density at radius 2 is 2.06 bits per heavy atom. The number of nitrogens with one attached hydrogen (secondary N) is 1. The molecule has 4 heteroatoms. The molecule has 0 fully saturated rings. The first kappa shape index (κ1) is 15.5. The number of unbranched alkanes of at least 4 members (excludes halogenated alkanes) is 3. The molecule has 18 heavy (non-hydrogen) atoms. The molecule has 1 unspecified atom stereocenters. The fourth-order valence-electron chi connectivity index (χ4n) is 2.12. The maximum atomic E-state index is 6.22. The minimum Gasteiger partial charge on any atom is -0.309 e. The first-order valence-electron chi connectivity index (χ1n) is 6.97. The number of aromatic nitrogens is 2. The fourth-order valence-corrected chi connectivity index (χ4v) is 2.35. The Morgan fingerprint density at radius 1 is 1.33 bits per heavy atom. The molecule has 3 nitrogen and oxygen atoms in total. The van der Waals surface area contributed by atoms with Crippen molar-refractivity contribution in [2.24, 2.45) is 7.05 Å². The van der Waals surface area contributed by atoms with Gasteiger partial charge in [0.1, 0.15) is 0 Å². The number of aryl methyl sites for hydroxylation is 2. The minimum absolute atomic E-state index is 0.535. The van der Waals surface area contributed by atoms with Crippen LogP contribution in [0.15, 0.2) is 0 Å². The molecular weight excluding hydrogens is 246 g/mol. The van der Waals surface area contributed by atoms with Gasteiger partial charge in [0.15, 0.2) is 0 Å². The zero-order chi connectivity index (χ0) is 13.5. The number of nitrogens with zero attached hydrogens (tertiary/aromatic N) is 2. The SMILES string of the molecule is CCCCCCC(C)NCc1c(Cl)c(C)nn1C. The molecule has 0 aromatic carbocycles. The van der Waals surface area contributed by atoms with Gasteiger partial charge in [-0.2, -0.15) is 5.10 Å². The maximum absolute atomic E-state index is 6.22. The summed E-state index contributed by atoms with van der Waals surface area (Å²) in [6.45, 7) is 7.22. The molecule has 0 saturated heterocycles. The summed E-state index contributed by atoms with van der Waals surface area (Å²) in [5.74, 6) is 0. The largest absolute Gasteiger partial charge is 0.309 e. The van der Waals surface area contributed by atoms with E-state index in [1.807, 2.05) is 18.7 Å². The first-order valence-corrected chi connectivity index (χ1v) is 7.35. The van der Waals surface area contributed by atoms with Crippen molar-refractivity contribution in [1.82, 2.24) is 15.1 Å². The van der Waals surface area contributed by atoms with Crippen molar-refractivity contribution >= 4 is 11.6 Å². The van der Waals surface area contributed by atoms with Gasteiger partial charge in [0, 0.05) is 19.6 Å². The lowest BCUT2D eigenvalue weighted by Crippen LogP contribution is -2.26. The van der Waals surface area contributed by atoms with Crippen LogP contribution in [0.5, 0.6) is 0 Å². The van der Waals surface area contributed by atoms with Crippen molar-refractivity contribution in [2.75, 3.05) is 0 Å². The van der Waals surface area contributed by atoms with Gasteiger partial charge in [0.05, 0.1) is 16.4 Å². The molecule has 104 valence electrons. The van der Waals surface area contributed by atoms with E-state index < -0.39 is 0 Å². The van der Waals surface area contributed by atoms with Crippen LogP contribution < -0.4 is 5.32 Å². The van der Waals surface area contributed by atoms with Gasteiger partial charge in [0.2, 0.25) is 0 Å². The summed E-state index contributed by atoms with van der Waals surface area (Å²) < 4.78 is 1.87. The Labute approximate surface area is 116 Å². The van der Waals surface area contributed by atoms with Crippen LogP contribution in [0.1, 0.15) is 57.3 Å². The molecule has 0 aliphatic carbocycles. The smallest absolute Gasteiger partial charge is 0.0860 e. The summed E-state index contributed by atoms with van der Waals surface area (Å²) in [4.78, 5) is 0. The summed E-state index contributed by atoms with van der Waals surface area (Å²) >= 11 is 6.22. The Balaban J connectivity index is 2.31. The number of rotatable bonds is 8. The highest BCUT2D eigenvalue weighted by molar-refractivity contribution is 6.31. The molecule has 0 aliphatic heterocycles. The molecule has 0 aliphatic rings. The lowest BCUT2D eigenvalue weighted by molar-refractivity contribution is 0.473.